The average Bonchev–Trinajstić information content (AvgIpc) is 2.88. The van der Waals surface area contributed by atoms with Crippen LogP contribution in [0.1, 0.15) is 45.7 Å². The molecule has 24 heavy (non-hydrogen) atoms. The summed E-state index contributed by atoms with van der Waals surface area (Å²) in [5, 5.41) is 12.2. The second kappa shape index (κ2) is 6.52. The minimum atomic E-state index is -1.50. The number of nitriles is 1. The Morgan fingerprint density at radius 3 is 2.62 bits per heavy atom. The van der Waals surface area contributed by atoms with E-state index < -0.39 is 22.9 Å². The molecule has 0 saturated carbocycles. The van der Waals surface area contributed by atoms with Crippen LogP contribution in [-0.4, -0.2) is 24.1 Å². The maximum Gasteiger partial charge on any atom is 0.308 e. The van der Waals surface area contributed by atoms with E-state index in [0.717, 1.165) is 5.56 Å². The van der Waals surface area contributed by atoms with Crippen molar-refractivity contribution in [1.82, 2.24) is 5.32 Å². The van der Waals surface area contributed by atoms with Gasteiger partial charge in [0.05, 0.1) is 18.5 Å². The molecule has 1 heterocycles. The maximum absolute atomic E-state index is 12.6. The van der Waals surface area contributed by atoms with E-state index in [-0.39, 0.29) is 12.5 Å². The molecule has 0 aliphatic carbocycles. The maximum atomic E-state index is 12.6. The van der Waals surface area contributed by atoms with Gasteiger partial charge in [-0.1, -0.05) is 18.2 Å². The summed E-state index contributed by atoms with van der Waals surface area (Å²) in [6, 6.07) is 9.01. The van der Waals surface area contributed by atoms with Crippen molar-refractivity contribution in [3.05, 3.63) is 29.8 Å². The Morgan fingerprint density at radius 2 is 2.00 bits per heavy atom. The van der Waals surface area contributed by atoms with Crippen LogP contribution < -0.4 is 10.1 Å². The van der Waals surface area contributed by atoms with E-state index in [2.05, 4.69) is 5.32 Å². The van der Waals surface area contributed by atoms with Gasteiger partial charge in [-0.2, -0.15) is 5.26 Å². The molecule has 128 valence electrons. The van der Waals surface area contributed by atoms with E-state index in [1.807, 2.05) is 30.3 Å². The fourth-order valence-corrected chi connectivity index (χ4v) is 2.44. The lowest BCUT2D eigenvalue weighted by Gasteiger charge is -2.25. The number of nitrogens with one attached hydrogen (secondary N) is 1. The van der Waals surface area contributed by atoms with Crippen molar-refractivity contribution < 1.29 is 19.1 Å². The Hall–Kier alpha value is -2.55. The standard InChI is InChI=1S/C18H22N2O4/c1-17(2,3)24-15(21)9-18(4,11-19)16(22)20-13-10-23-14-8-6-5-7-12(13)14/h5-8,13H,9-10H2,1-4H3,(H,20,22)/t13-,18+/m1/s1. The largest absolute Gasteiger partial charge is 0.491 e. The van der Waals surface area contributed by atoms with Crippen molar-refractivity contribution in [2.75, 3.05) is 6.61 Å². The van der Waals surface area contributed by atoms with Gasteiger partial charge < -0.3 is 14.8 Å². The molecule has 0 fully saturated rings. The number of amides is 1. The predicted octanol–water partition coefficient (Wildman–Crippen LogP) is 2.50. The summed E-state index contributed by atoms with van der Waals surface area (Å²) >= 11 is 0. The number of carbonyl (C=O) groups is 2. The number of fused-ring (bicyclic) bond motifs is 1. The summed E-state index contributed by atoms with van der Waals surface area (Å²) in [7, 11) is 0. The number of nitrogens with zero attached hydrogens (tertiary/aromatic N) is 1. The second-order valence-electron chi connectivity index (χ2n) is 7.08. The van der Waals surface area contributed by atoms with Crippen molar-refractivity contribution in [3.8, 4) is 11.8 Å². The molecule has 0 aromatic heterocycles. The van der Waals surface area contributed by atoms with Crippen LogP contribution >= 0.6 is 0 Å². The Labute approximate surface area is 141 Å². The van der Waals surface area contributed by atoms with Gasteiger partial charge in [0.15, 0.2) is 0 Å². The molecular weight excluding hydrogens is 308 g/mol. The van der Waals surface area contributed by atoms with Gasteiger partial charge >= 0.3 is 5.97 Å². The lowest BCUT2D eigenvalue weighted by atomic mass is 9.87. The van der Waals surface area contributed by atoms with Crippen LogP contribution in [0.15, 0.2) is 24.3 Å². The van der Waals surface area contributed by atoms with E-state index in [1.54, 1.807) is 20.8 Å². The molecule has 1 N–H and O–H groups in total. The summed E-state index contributed by atoms with van der Waals surface area (Å²) in [6.45, 7) is 6.96. The third kappa shape index (κ3) is 4.05. The first-order valence-electron chi connectivity index (χ1n) is 7.80. The van der Waals surface area contributed by atoms with Crippen LogP contribution in [-0.2, 0) is 14.3 Å². The molecule has 0 spiro atoms. The Balaban J connectivity index is 2.06. The summed E-state index contributed by atoms with van der Waals surface area (Å²) in [4.78, 5) is 24.6. The van der Waals surface area contributed by atoms with Gasteiger partial charge in [0, 0.05) is 5.56 Å². The molecule has 2 atom stereocenters. The van der Waals surface area contributed by atoms with E-state index in [1.165, 1.54) is 6.92 Å². The molecule has 6 heteroatoms. The van der Waals surface area contributed by atoms with Gasteiger partial charge in [-0.25, -0.2) is 0 Å². The smallest absolute Gasteiger partial charge is 0.308 e. The van der Waals surface area contributed by atoms with Gasteiger partial charge in [0.1, 0.15) is 23.4 Å². The lowest BCUT2D eigenvalue weighted by molar-refractivity contribution is -0.158. The normalized spacial score (nSPS) is 18.5. The lowest BCUT2D eigenvalue weighted by Crippen LogP contribution is -2.42. The van der Waals surface area contributed by atoms with Crippen molar-refractivity contribution in [2.24, 2.45) is 5.41 Å². The van der Waals surface area contributed by atoms with Gasteiger partial charge in [0.25, 0.3) is 0 Å². The zero-order chi connectivity index (χ0) is 18.0. The van der Waals surface area contributed by atoms with E-state index in [9.17, 15) is 14.9 Å². The molecule has 1 aromatic rings. The van der Waals surface area contributed by atoms with Crippen LogP contribution in [0, 0.1) is 16.7 Å². The Kier molecular flexibility index (Phi) is 4.83. The first kappa shape index (κ1) is 17.8. The number of hydrogen-bond acceptors (Lipinski definition) is 5. The van der Waals surface area contributed by atoms with Crippen molar-refractivity contribution in [3.63, 3.8) is 0 Å². The zero-order valence-corrected chi connectivity index (χ0v) is 14.4. The number of hydrogen-bond donors (Lipinski definition) is 1. The van der Waals surface area contributed by atoms with Crippen LogP contribution in [0.5, 0.6) is 5.75 Å². The molecule has 0 unspecified atom stereocenters. The number of para-hydroxylation sites is 1. The second-order valence-corrected chi connectivity index (χ2v) is 7.08. The summed E-state index contributed by atoms with van der Waals surface area (Å²) in [5.74, 6) is -0.375. The summed E-state index contributed by atoms with van der Waals surface area (Å²) < 4.78 is 10.7. The number of carbonyl (C=O) groups excluding carboxylic acids is 2. The predicted molar refractivity (Wildman–Crippen MR) is 87.0 cm³/mol. The molecule has 0 radical (unpaired) electrons. The molecule has 1 aliphatic rings. The van der Waals surface area contributed by atoms with E-state index in [0.29, 0.717) is 12.4 Å². The quantitative estimate of drug-likeness (QED) is 0.857. The Morgan fingerprint density at radius 1 is 1.33 bits per heavy atom. The minimum absolute atomic E-state index is 0.304. The molecule has 2 rings (SSSR count). The highest BCUT2D eigenvalue weighted by Crippen LogP contribution is 2.33. The summed E-state index contributed by atoms with van der Waals surface area (Å²) in [5.41, 5.74) is -1.30. The highest BCUT2D eigenvalue weighted by molar-refractivity contribution is 5.90. The topological polar surface area (TPSA) is 88.4 Å². The summed E-state index contributed by atoms with van der Waals surface area (Å²) in [6.07, 6.45) is -0.304. The Bertz CT molecular complexity index is 687. The first-order valence-corrected chi connectivity index (χ1v) is 7.80. The number of benzene rings is 1. The highest BCUT2D eigenvalue weighted by atomic mass is 16.6. The number of esters is 1. The highest BCUT2D eigenvalue weighted by Gasteiger charge is 2.39. The van der Waals surface area contributed by atoms with E-state index in [4.69, 9.17) is 9.47 Å². The third-order valence-electron chi connectivity index (χ3n) is 3.67. The molecular formula is C18H22N2O4. The molecule has 1 amide bonds. The average molecular weight is 330 g/mol. The first-order chi connectivity index (χ1) is 11.1. The van der Waals surface area contributed by atoms with Crippen LogP contribution in [0.4, 0.5) is 0 Å². The minimum Gasteiger partial charge on any atom is -0.491 e. The number of ether oxygens (including phenoxy) is 2. The molecule has 0 saturated heterocycles. The van der Waals surface area contributed by atoms with Gasteiger partial charge in [-0.15, -0.1) is 0 Å². The van der Waals surface area contributed by atoms with Gasteiger partial charge in [-0.3, -0.25) is 9.59 Å². The van der Waals surface area contributed by atoms with Crippen LogP contribution in [0.2, 0.25) is 0 Å². The molecule has 1 aromatic carbocycles. The van der Waals surface area contributed by atoms with Gasteiger partial charge in [-0.05, 0) is 33.8 Å². The zero-order valence-electron chi connectivity index (χ0n) is 14.4. The third-order valence-corrected chi connectivity index (χ3v) is 3.67. The fourth-order valence-electron chi connectivity index (χ4n) is 2.44. The van der Waals surface area contributed by atoms with Gasteiger partial charge in [0.2, 0.25) is 5.91 Å². The van der Waals surface area contributed by atoms with Crippen molar-refractivity contribution in [2.45, 2.75) is 45.8 Å². The van der Waals surface area contributed by atoms with Crippen molar-refractivity contribution >= 4 is 11.9 Å². The van der Waals surface area contributed by atoms with Crippen LogP contribution in [0.3, 0.4) is 0 Å². The number of rotatable bonds is 4. The fraction of sp³-hybridized carbons (Fsp3) is 0.500. The molecule has 1 aliphatic heterocycles. The SMILES string of the molecule is CC(C)(C)OC(=O)C[C@@](C)(C#N)C(=O)N[C@@H]1COc2ccccc21. The van der Waals surface area contributed by atoms with Crippen LogP contribution in [0.25, 0.3) is 0 Å². The van der Waals surface area contributed by atoms with E-state index >= 15 is 0 Å². The molecule has 6 nitrogen and oxygen atoms in total. The molecule has 0 bridgehead atoms. The monoisotopic (exact) mass is 330 g/mol. The van der Waals surface area contributed by atoms with Crippen molar-refractivity contribution in [1.29, 1.82) is 5.26 Å².